The van der Waals surface area contributed by atoms with Gasteiger partial charge in [-0.15, -0.1) is 0 Å². The minimum Gasteiger partial charge on any atom is -0.371 e. The summed E-state index contributed by atoms with van der Waals surface area (Å²) in [6.45, 7) is 5.56. The first-order chi connectivity index (χ1) is 16.7. The highest BCUT2D eigenvalue weighted by Crippen LogP contribution is 2.24. The van der Waals surface area contributed by atoms with Gasteiger partial charge in [-0.25, -0.2) is 0 Å². The Kier molecular flexibility index (Phi) is 8.97. The van der Waals surface area contributed by atoms with Crippen molar-refractivity contribution >= 4 is 17.5 Å². The minimum atomic E-state index is 0.00366. The van der Waals surface area contributed by atoms with E-state index in [1.165, 1.54) is 24.8 Å². The largest absolute Gasteiger partial charge is 0.371 e. The van der Waals surface area contributed by atoms with E-state index in [9.17, 15) is 9.59 Å². The standard InChI is InChI=1S/C28H38N4O2/c33-27(14-13-23-9-3-1-4-10-23)30-24-15-20-32(21-16-24)26-12-6-5-11-25(26)28(34)29-17-22-31-18-7-2-8-19-31/h1,3-6,9-12,24H,2,7-8,13-22H2,(H,29,34)(H,30,33). The molecule has 6 heteroatoms. The van der Waals surface area contributed by atoms with Gasteiger partial charge in [0.2, 0.25) is 5.91 Å². The number of aryl methyl sites for hydroxylation is 1. The van der Waals surface area contributed by atoms with Crippen LogP contribution in [0.25, 0.3) is 0 Å². The smallest absolute Gasteiger partial charge is 0.253 e. The second-order valence-electron chi connectivity index (χ2n) is 9.49. The number of anilines is 1. The van der Waals surface area contributed by atoms with E-state index in [1.807, 2.05) is 42.5 Å². The van der Waals surface area contributed by atoms with Gasteiger partial charge in [0, 0.05) is 44.3 Å². The lowest BCUT2D eigenvalue weighted by atomic mass is 10.0. The first kappa shape index (κ1) is 24.3. The average Bonchev–Trinajstić information content (AvgIpc) is 2.89. The highest BCUT2D eigenvalue weighted by atomic mass is 16.2. The third-order valence-electron chi connectivity index (χ3n) is 7.00. The minimum absolute atomic E-state index is 0.00366. The van der Waals surface area contributed by atoms with E-state index in [0.29, 0.717) is 13.0 Å². The molecule has 0 bridgehead atoms. The number of nitrogens with one attached hydrogen (secondary N) is 2. The average molecular weight is 463 g/mol. The van der Waals surface area contributed by atoms with E-state index < -0.39 is 0 Å². The molecule has 0 unspecified atom stereocenters. The van der Waals surface area contributed by atoms with Crippen LogP contribution in [0, 0.1) is 0 Å². The van der Waals surface area contributed by atoms with Gasteiger partial charge in [-0.2, -0.15) is 0 Å². The first-order valence-corrected chi connectivity index (χ1v) is 12.9. The number of hydrogen-bond donors (Lipinski definition) is 2. The summed E-state index contributed by atoms with van der Waals surface area (Å²) in [5.41, 5.74) is 2.93. The van der Waals surface area contributed by atoms with Gasteiger partial charge in [0.25, 0.3) is 5.91 Å². The number of benzene rings is 2. The Bertz CT molecular complexity index is 919. The Balaban J connectivity index is 1.23. The van der Waals surface area contributed by atoms with Crippen molar-refractivity contribution in [1.29, 1.82) is 0 Å². The van der Waals surface area contributed by atoms with Gasteiger partial charge in [-0.1, -0.05) is 48.9 Å². The van der Waals surface area contributed by atoms with Crippen LogP contribution < -0.4 is 15.5 Å². The van der Waals surface area contributed by atoms with Crippen LogP contribution in [0.1, 0.15) is 54.4 Å². The van der Waals surface area contributed by atoms with Crippen LogP contribution in [0.2, 0.25) is 0 Å². The molecule has 2 N–H and O–H groups in total. The van der Waals surface area contributed by atoms with E-state index >= 15 is 0 Å². The van der Waals surface area contributed by atoms with Crippen LogP contribution in [-0.4, -0.2) is 62.0 Å². The van der Waals surface area contributed by atoms with Crippen molar-refractivity contribution in [2.24, 2.45) is 0 Å². The summed E-state index contributed by atoms with van der Waals surface area (Å²) >= 11 is 0. The lowest BCUT2D eigenvalue weighted by Gasteiger charge is -2.35. The lowest BCUT2D eigenvalue weighted by Crippen LogP contribution is -2.45. The molecule has 0 aromatic heterocycles. The maximum atomic E-state index is 12.9. The van der Waals surface area contributed by atoms with Crippen LogP contribution in [0.5, 0.6) is 0 Å². The molecule has 0 saturated carbocycles. The Morgan fingerprint density at radius 1 is 0.853 bits per heavy atom. The van der Waals surface area contributed by atoms with Gasteiger partial charge < -0.3 is 20.4 Å². The van der Waals surface area contributed by atoms with Crippen molar-refractivity contribution in [3.8, 4) is 0 Å². The molecule has 4 rings (SSSR count). The summed E-state index contributed by atoms with van der Waals surface area (Å²) < 4.78 is 0. The SMILES string of the molecule is O=C(CCc1ccccc1)NC1CCN(c2ccccc2C(=O)NCCN2CCCCC2)CC1. The topological polar surface area (TPSA) is 64.7 Å². The molecule has 182 valence electrons. The summed E-state index contributed by atoms with van der Waals surface area (Å²) in [5, 5.41) is 6.33. The van der Waals surface area contributed by atoms with Crippen LogP contribution in [0.3, 0.4) is 0 Å². The Hall–Kier alpha value is -2.86. The summed E-state index contributed by atoms with van der Waals surface area (Å²) in [6, 6.07) is 18.2. The van der Waals surface area contributed by atoms with Crippen LogP contribution >= 0.6 is 0 Å². The quantitative estimate of drug-likeness (QED) is 0.598. The van der Waals surface area contributed by atoms with Crippen molar-refractivity contribution in [2.45, 2.75) is 51.0 Å². The molecule has 2 fully saturated rings. The maximum Gasteiger partial charge on any atom is 0.253 e. The Morgan fingerprint density at radius 3 is 2.32 bits per heavy atom. The van der Waals surface area contributed by atoms with Crippen molar-refractivity contribution in [3.05, 3.63) is 65.7 Å². The van der Waals surface area contributed by atoms with Crippen LogP contribution in [0.15, 0.2) is 54.6 Å². The molecule has 34 heavy (non-hydrogen) atoms. The molecule has 2 saturated heterocycles. The van der Waals surface area contributed by atoms with Gasteiger partial charge in [0.05, 0.1) is 5.56 Å². The van der Waals surface area contributed by atoms with E-state index in [1.54, 1.807) is 0 Å². The number of nitrogens with zero attached hydrogens (tertiary/aromatic N) is 2. The Morgan fingerprint density at radius 2 is 1.56 bits per heavy atom. The van der Waals surface area contributed by atoms with Crippen molar-refractivity contribution in [3.63, 3.8) is 0 Å². The number of para-hydroxylation sites is 1. The molecule has 0 atom stereocenters. The van der Waals surface area contributed by atoms with Gasteiger partial charge in [-0.3, -0.25) is 9.59 Å². The predicted molar refractivity (Wildman–Crippen MR) is 137 cm³/mol. The fourth-order valence-corrected chi connectivity index (χ4v) is 5.01. The van der Waals surface area contributed by atoms with Crippen molar-refractivity contribution < 1.29 is 9.59 Å². The normalized spacial score (nSPS) is 17.4. The molecular formula is C28H38N4O2. The van der Waals surface area contributed by atoms with Gasteiger partial charge in [0.15, 0.2) is 0 Å². The molecule has 0 spiro atoms. The zero-order valence-electron chi connectivity index (χ0n) is 20.2. The van der Waals surface area contributed by atoms with E-state index in [4.69, 9.17) is 0 Å². The van der Waals surface area contributed by atoms with E-state index in [-0.39, 0.29) is 17.9 Å². The lowest BCUT2D eigenvalue weighted by molar-refractivity contribution is -0.121. The number of likely N-dealkylation sites (tertiary alicyclic amines) is 1. The number of piperidine rings is 2. The molecular weight excluding hydrogens is 424 g/mol. The second kappa shape index (κ2) is 12.6. The number of rotatable bonds is 9. The molecule has 2 aromatic rings. The van der Waals surface area contributed by atoms with Crippen molar-refractivity contribution in [2.75, 3.05) is 44.2 Å². The summed E-state index contributed by atoms with van der Waals surface area (Å²) in [7, 11) is 0. The van der Waals surface area contributed by atoms with Crippen LogP contribution in [-0.2, 0) is 11.2 Å². The molecule has 2 aliphatic heterocycles. The van der Waals surface area contributed by atoms with Crippen molar-refractivity contribution in [1.82, 2.24) is 15.5 Å². The number of carbonyl (C=O) groups is 2. The fourth-order valence-electron chi connectivity index (χ4n) is 5.01. The third kappa shape index (κ3) is 7.07. The number of carbonyl (C=O) groups excluding carboxylic acids is 2. The molecule has 0 radical (unpaired) electrons. The molecule has 2 amide bonds. The highest BCUT2D eigenvalue weighted by Gasteiger charge is 2.23. The summed E-state index contributed by atoms with van der Waals surface area (Å²) in [5.74, 6) is 0.125. The zero-order valence-corrected chi connectivity index (χ0v) is 20.2. The van der Waals surface area contributed by atoms with Crippen LogP contribution in [0.4, 0.5) is 5.69 Å². The summed E-state index contributed by atoms with van der Waals surface area (Å²) in [4.78, 5) is 30.1. The predicted octanol–water partition coefficient (Wildman–Crippen LogP) is 3.62. The zero-order chi connectivity index (χ0) is 23.6. The first-order valence-electron chi connectivity index (χ1n) is 12.9. The number of amides is 2. The molecule has 2 aliphatic rings. The monoisotopic (exact) mass is 462 g/mol. The molecule has 2 aromatic carbocycles. The van der Waals surface area contributed by atoms with Gasteiger partial charge >= 0.3 is 0 Å². The maximum absolute atomic E-state index is 12.9. The molecule has 6 nitrogen and oxygen atoms in total. The van der Waals surface area contributed by atoms with E-state index in [0.717, 1.165) is 63.2 Å². The number of hydrogen-bond acceptors (Lipinski definition) is 4. The second-order valence-corrected chi connectivity index (χ2v) is 9.49. The van der Waals surface area contributed by atoms with E-state index in [2.05, 4.69) is 32.6 Å². The highest BCUT2D eigenvalue weighted by molar-refractivity contribution is 5.99. The Labute approximate surface area is 203 Å². The van der Waals surface area contributed by atoms with Gasteiger partial charge in [0.1, 0.15) is 0 Å². The third-order valence-corrected chi connectivity index (χ3v) is 7.00. The fraction of sp³-hybridized carbons (Fsp3) is 0.500. The van der Waals surface area contributed by atoms with Gasteiger partial charge in [-0.05, 0) is 62.9 Å². The molecule has 0 aliphatic carbocycles. The molecule has 2 heterocycles. The summed E-state index contributed by atoms with van der Waals surface area (Å²) in [6.07, 6.45) is 6.92.